The van der Waals surface area contributed by atoms with Crippen LogP contribution in [0.5, 0.6) is 5.75 Å². The number of ether oxygens (including phenoxy) is 2. The summed E-state index contributed by atoms with van der Waals surface area (Å²) in [6.07, 6.45) is 1.01. The highest BCUT2D eigenvalue weighted by molar-refractivity contribution is 5.91. The van der Waals surface area contributed by atoms with Crippen molar-refractivity contribution in [3.63, 3.8) is 0 Å². The highest BCUT2D eigenvalue weighted by atomic mass is 16.5. The Bertz CT molecular complexity index is 976. The molecule has 140 valence electrons. The van der Waals surface area contributed by atoms with Crippen LogP contribution in [0.25, 0.3) is 10.9 Å². The summed E-state index contributed by atoms with van der Waals surface area (Å²) in [7, 11) is 0. The predicted octanol–water partition coefficient (Wildman–Crippen LogP) is 3.72. The Morgan fingerprint density at radius 3 is 2.67 bits per heavy atom. The number of esters is 1. The van der Waals surface area contributed by atoms with Crippen molar-refractivity contribution in [2.75, 3.05) is 6.61 Å². The second kappa shape index (κ2) is 7.95. The summed E-state index contributed by atoms with van der Waals surface area (Å²) in [6.45, 7) is 4.12. The van der Waals surface area contributed by atoms with Crippen LogP contribution in [0, 0.1) is 0 Å². The van der Waals surface area contributed by atoms with E-state index in [1.54, 1.807) is 19.1 Å². The van der Waals surface area contributed by atoms with Gasteiger partial charge < -0.3 is 19.1 Å². The molecular formula is C21H21NO5. The number of carbonyl (C=O) groups excluding carboxylic acids is 1. The monoisotopic (exact) mass is 367 g/mol. The molecule has 0 fully saturated rings. The van der Waals surface area contributed by atoms with Crippen molar-refractivity contribution in [3.8, 4) is 5.75 Å². The predicted molar refractivity (Wildman–Crippen MR) is 101 cm³/mol. The molecule has 6 nitrogen and oxygen atoms in total. The van der Waals surface area contributed by atoms with Gasteiger partial charge in [-0.25, -0.2) is 9.59 Å². The lowest BCUT2D eigenvalue weighted by atomic mass is 10.1. The van der Waals surface area contributed by atoms with Gasteiger partial charge in [0, 0.05) is 23.6 Å². The van der Waals surface area contributed by atoms with Crippen LogP contribution in [-0.2, 0) is 16.1 Å². The normalized spacial score (nSPS) is 11.9. The summed E-state index contributed by atoms with van der Waals surface area (Å²) in [6, 6.07) is 14.7. The number of nitrogens with zero attached hydrogens (tertiary/aromatic N) is 1. The fourth-order valence-corrected chi connectivity index (χ4v) is 2.89. The summed E-state index contributed by atoms with van der Waals surface area (Å²) in [5.74, 6) is -0.840. The molecule has 0 aliphatic rings. The van der Waals surface area contributed by atoms with Crippen molar-refractivity contribution >= 4 is 22.8 Å². The van der Waals surface area contributed by atoms with E-state index in [1.165, 1.54) is 6.92 Å². The maximum atomic E-state index is 12.2. The fourth-order valence-electron chi connectivity index (χ4n) is 2.89. The number of carboxylic acids is 1. The zero-order valence-corrected chi connectivity index (χ0v) is 15.2. The quantitative estimate of drug-likeness (QED) is 0.644. The topological polar surface area (TPSA) is 77.8 Å². The van der Waals surface area contributed by atoms with Crippen LogP contribution in [0.4, 0.5) is 0 Å². The van der Waals surface area contributed by atoms with Gasteiger partial charge in [0.15, 0.2) is 6.10 Å². The number of fused-ring (bicyclic) bond motifs is 1. The van der Waals surface area contributed by atoms with Crippen LogP contribution >= 0.6 is 0 Å². The highest BCUT2D eigenvalue weighted by Crippen LogP contribution is 2.24. The van der Waals surface area contributed by atoms with Gasteiger partial charge in [-0.15, -0.1) is 0 Å². The molecule has 0 spiro atoms. The molecule has 3 aromatic rings. The van der Waals surface area contributed by atoms with E-state index < -0.39 is 12.1 Å². The number of hydrogen-bond acceptors (Lipinski definition) is 4. The summed E-state index contributed by atoms with van der Waals surface area (Å²) in [5.41, 5.74) is 2.38. The first-order valence-electron chi connectivity index (χ1n) is 8.73. The SMILES string of the molecule is CCOC(=O)c1ccccc1Cn1ccc2cc(OC(C)C(=O)O)ccc21. The average Bonchev–Trinajstić information content (AvgIpc) is 3.04. The average molecular weight is 367 g/mol. The molecule has 1 N–H and O–H groups in total. The zero-order valence-electron chi connectivity index (χ0n) is 15.2. The van der Waals surface area contributed by atoms with Gasteiger partial charge in [-0.05, 0) is 49.7 Å². The van der Waals surface area contributed by atoms with Crippen molar-refractivity contribution in [2.24, 2.45) is 0 Å². The van der Waals surface area contributed by atoms with E-state index in [9.17, 15) is 9.59 Å². The van der Waals surface area contributed by atoms with E-state index >= 15 is 0 Å². The molecule has 1 heterocycles. The minimum atomic E-state index is -1.01. The molecular weight excluding hydrogens is 346 g/mol. The molecule has 1 aromatic heterocycles. The molecule has 1 atom stereocenters. The molecule has 6 heteroatoms. The Morgan fingerprint density at radius 1 is 1.15 bits per heavy atom. The largest absolute Gasteiger partial charge is 0.479 e. The first-order valence-corrected chi connectivity index (χ1v) is 8.73. The van der Waals surface area contributed by atoms with Gasteiger partial charge in [-0.2, -0.15) is 0 Å². The number of benzene rings is 2. The van der Waals surface area contributed by atoms with Gasteiger partial charge >= 0.3 is 11.9 Å². The van der Waals surface area contributed by atoms with E-state index in [1.807, 2.05) is 47.2 Å². The van der Waals surface area contributed by atoms with Crippen molar-refractivity contribution in [2.45, 2.75) is 26.5 Å². The molecule has 0 aliphatic heterocycles. The van der Waals surface area contributed by atoms with E-state index in [4.69, 9.17) is 14.6 Å². The molecule has 0 radical (unpaired) electrons. The second-order valence-corrected chi connectivity index (χ2v) is 6.14. The maximum Gasteiger partial charge on any atom is 0.344 e. The Kier molecular flexibility index (Phi) is 5.45. The number of carboxylic acid groups (broad SMARTS) is 1. The highest BCUT2D eigenvalue weighted by Gasteiger charge is 2.15. The Labute approximate surface area is 156 Å². The van der Waals surface area contributed by atoms with E-state index in [0.29, 0.717) is 24.5 Å². The summed E-state index contributed by atoms with van der Waals surface area (Å²) in [5, 5.41) is 9.90. The zero-order chi connectivity index (χ0) is 19.4. The number of aromatic nitrogens is 1. The molecule has 0 bridgehead atoms. The summed E-state index contributed by atoms with van der Waals surface area (Å²) < 4.78 is 12.6. The molecule has 0 amide bonds. The van der Waals surface area contributed by atoms with Crippen LogP contribution in [0.2, 0.25) is 0 Å². The lowest BCUT2D eigenvalue weighted by Gasteiger charge is -2.12. The number of rotatable bonds is 7. The Balaban J connectivity index is 1.87. The Hall–Kier alpha value is -3.28. The second-order valence-electron chi connectivity index (χ2n) is 6.14. The third kappa shape index (κ3) is 4.11. The minimum absolute atomic E-state index is 0.331. The van der Waals surface area contributed by atoms with Gasteiger partial charge in [0.05, 0.1) is 12.2 Å². The molecule has 0 saturated heterocycles. The smallest absolute Gasteiger partial charge is 0.344 e. The van der Waals surface area contributed by atoms with Gasteiger partial charge in [0.1, 0.15) is 5.75 Å². The first-order chi connectivity index (χ1) is 13.0. The van der Waals surface area contributed by atoms with Crippen LogP contribution in [-0.4, -0.2) is 34.3 Å². The van der Waals surface area contributed by atoms with Crippen molar-refractivity contribution in [1.29, 1.82) is 0 Å². The summed E-state index contributed by atoms with van der Waals surface area (Å²) in [4.78, 5) is 23.1. The molecule has 2 aromatic carbocycles. The van der Waals surface area contributed by atoms with Crippen LogP contribution < -0.4 is 4.74 Å². The standard InChI is InChI=1S/C21H21NO5/c1-3-26-21(25)18-7-5-4-6-16(18)13-22-11-10-15-12-17(8-9-19(15)22)27-14(2)20(23)24/h4-12,14H,3,13H2,1-2H3,(H,23,24). The van der Waals surface area contributed by atoms with E-state index in [2.05, 4.69) is 0 Å². The van der Waals surface area contributed by atoms with Crippen LogP contribution in [0.3, 0.4) is 0 Å². The van der Waals surface area contributed by atoms with Crippen LogP contribution in [0.15, 0.2) is 54.7 Å². The van der Waals surface area contributed by atoms with E-state index in [0.717, 1.165) is 16.5 Å². The van der Waals surface area contributed by atoms with Gasteiger partial charge in [-0.3, -0.25) is 0 Å². The summed E-state index contributed by atoms with van der Waals surface area (Å²) >= 11 is 0. The molecule has 1 unspecified atom stereocenters. The van der Waals surface area contributed by atoms with Crippen molar-refractivity contribution in [3.05, 3.63) is 65.9 Å². The van der Waals surface area contributed by atoms with Gasteiger partial charge in [-0.1, -0.05) is 18.2 Å². The lowest BCUT2D eigenvalue weighted by molar-refractivity contribution is -0.144. The van der Waals surface area contributed by atoms with Crippen molar-refractivity contribution in [1.82, 2.24) is 4.57 Å². The fraction of sp³-hybridized carbons (Fsp3) is 0.238. The van der Waals surface area contributed by atoms with Gasteiger partial charge in [0.25, 0.3) is 0 Å². The molecule has 3 rings (SSSR count). The van der Waals surface area contributed by atoms with Crippen molar-refractivity contribution < 1.29 is 24.2 Å². The number of carbonyl (C=O) groups is 2. The third-order valence-electron chi connectivity index (χ3n) is 4.26. The molecule has 0 aliphatic carbocycles. The van der Waals surface area contributed by atoms with Crippen LogP contribution in [0.1, 0.15) is 29.8 Å². The lowest BCUT2D eigenvalue weighted by Crippen LogP contribution is -2.22. The molecule has 0 saturated carbocycles. The molecule has 27 heavy (non-hydrogen) atoms. The maximum absolute atomic E-state index is 12.2. The minimum Gasteiger partial charge on any atom is -0.479 e. The first kappa shape index (κ1) is 18.5. The van der Waals surface area contributed by atoms with E-state index in [-0.39, 0.29) is 5.97 Å². The Morgan fingerprint density at radius 2 is 1.93 bits per heavy atom. The van der Waals surface area contributed by atoms with Gasteiger partial charge in [0.2, 0.25) is 0 Å². The number of aliphatic carboxylic acids is 1. The third-order valence-corrected chi connectivity index (χ3v) is 4.26. The number of hydrogen-bond donors (Lipinski definition) is 1.